The number of carbonyl (C=O) groups excluding carboxylic acids is 2. The molecule has 0 aromatic heterocycles. The van der Waals surface area contributed by atoms with E-state index < -0.39 is 17.6 Å². The van der Waals surface area contributed by atoms with Crippen LogP contribution < -0.4 is 10.6 Å². The predicted octanol–water partition coefficient (Wildman–Crippen LogP) is 4.12. The largest absolute Gasteiger partial charge is 0.416 e. The van der Waals surface area contributed by atoms with Crippen molar-refractivity contribution in [2.75, 3.05) is 13.1 Å². The third-order valence-corrected chi connectivity index (χ3v) is 5.08. The van der Waals surface area contributed by atoms with Gasteiger partial charge in [-0.2, -0.15) is 13.2 Å². The summed E-state index contributed by atoms with van der Waals surface area (Å²) < 4.78 is 38.6. The third kappa shape index (κ3) is 5.13. The van der Waals surface area contributed by atoms with Crippen LogP contribution in [0.25, 0.3) is 0 Å². The molecule has 2 amide bonds. The van der Waals surface area contributed by atoms with Crippen LogP contribution in [0.4, 0.5) is 13.2 Å². The topological polar surface area (TPSA) is 58.2 Å². The van der Waals surface area contributed by atoms with E-state index in [0.29, 0.717) is 0 Å². The fourth-order valence-electron chi connectivity index (χ4n) is 3.00. The Morgan fingerprint density at radius 2 is 1.71 bits per heavy atom. The molecule has 0 spiro atoms. The van der Waals surface area contributed by atoms with Crippen molar-refractivity contribution < 1.29 is 22.8 Å². The van der Waals surface area contributed by atoms with Gasteiger partial charge < -0.3 is 10.6 Å². The number of hydrogen-bond acceptors (Lipinski definition) is 2. The summed E-state index contributed by atoms with van der Waals surface area (Å²) >= 11 is 3.42. The van der Waals surface area contributed by atoms with Crippen molar-refractivity contribution in [3.63, 3.8) is 0 Å². The Morgan fingerprint density at radius 3 is 2.36 bits per heavy atom. The zero-order chi connectivity index (χ0) is 20.3. The second kappa shape index (κ2) is 8.34. The number of hydrogen-bond donors (Lipinski definition) is 2. The van der Waals surface area contributed by atoms with Crippen LogP contribution in [0, 0.1) is 5.92 Å². The maximum atomic E-state index is 12.5. The number of carbonyl (C=O) groups is 2. The Bertz CT molecular complexity index is 868. The molecular weight excluding hydrogens is 437 g/mol. The first kappa shape index (κ1) is 20.4. The van der Waals surface area contributed by atoms with Gasteiger partial charge in [0.05, 0.1) is 5.56 Å². The van der Waals surface area contributed by atoms with Crippen molar-refractivity contribution in [3.05, 3.63) is 69.7 Å². The van der Waals surface area contributed by atoms with Gasteiger partial charge in [0.1, 0.15) is 0 Å². The van der Waals surface area contributed by atoms with Crippen molar-refractivity contribution in [1.29, 1.82) is 0 Å². The molecule has 0 heterocycles. The van der Waals surface area contributed by atoms with Crippen LogP contribution >= 0.6 is 15.9 Å². The van der Waals surface area contributed by atoms with E-state index in [-0.39, 0.29) is 36.4 Å². The number of nitrogens with one attached hydrogen (secondary N) is 2. The van der Waals surface area contributed by atoms with Gasteiger partial charge in [0, 0.05) is 29.0 Å². The van der Waals surface area contributed by atoms with Gasteiger partial charge in [-0.1, -0.05) is 28.1 Å². The first-order valence-electron chi connectivity index (χ1n) is 8.74. The summed E-state index contributed by atoms with van der Waals surface area (Å²) in [5.41, 5.74) is 0.446. The Kier molecular flexibility index (Phi) is 6.07. The summed E-state index contributed by atoms with van der Waals surface area (Å²) in [4.78, 5) is 24.1. The van der Waals surface area contributed by atoms with Crippen molar-refractivity contribution in [3.8, 4) is 0 Å². The zero-order valence-electron chi connectivity index (χ0n) is 14.7. The van der Waals surface area contributed by atoms with E-state index in [1.807, 2.05) is 24.3 Å². The number of halogens is 4. The lowest BCUT2D eigenvalue weighted by molar-refractivity contribution is -0.137. The molecule has 3 rings (SSSR count). The van der Waals surface area contributed by atoms with E-state index in [1.165, 1.54) is 0 Å². The Morgan fingerprint density at radius 1 is 1.04 bits per heavy atom. The average molecular weight is 455 g/mol. The Balaban J connectivity index is 1.40. The lowest BCUT2D eigenvalue weighted by Gasteiger charge is -2.09. The summed E-state index contributed by atoms with van der Waals surface area (Å²) in [5, 5.41) is 5.36. The van der Waals surface area contributed by atoms with Crippen LogP contribution in [-0.2, 0) is 11.0 Å². The van der Waals surface area contributed by atoms with Crippen molar-refractivity contribution in [1.82, 2.24) is 10.6 Å². The minimum absolute atomic E-state index is 0.0613. The van der Waals surface area contributed by atoms with Crippen molar-refractivity contribution in [2.24, 2.45) is 5.92 Å². The highest BCUT2D eigenvalue weighted by Crippen LogP contribution is 2.47. The molecule has 1 fully saturated rings. The highest BCUT2D eigenvalue weighted by molar-refractivity contribution is 9.10. The summed E-state index contributed by atoms with van der Waals surface area (Å²) in [6.45, 7) is 0.451. The van der Waals surface area contributed by atoms with Gasteiger partial charge >= 0.3 is 6.18 Å². The van der Waals surface area contributed by atoms with Crippen LogP contribution in [0.2, 0.25) is 0 Å². The molecule has 2 aromatic rings. The zero-order valence-corrected chi connectivity index (χ0v) is 16.3. The molecule has 0 aliphatic heterocycles. The molecule has 1 aliphatic rings. The van der Waals surface area contributed by atoms with Crippen LogP contribution in [0.15, 0.2) is 53.0 Å². The molecule has 2 N–H and O–H groups in total. The standard InChI is InChI=1S/C20H18BrF3N2O2/c21-15-3-1-2-13(10-15)16-11-17(16)19(28)26-9-8-25-18(27)12-4-6-14(7-5-12)20(22,23)24/h1-7,10,16-17H,8-9,11H2,(H,25,27)(H,26,28). The SMILES string of the molecule is O=C(NCCNC(=O)C1CC1c1cccc(Br)c1)c1ccc(C(F)(F)F)cc1. The van der Waals surface area contributed by atoms with E-state index in [0.717, 1.165) is 40.7 Å². The lowest BCUT2D eigenvalue weighted by Crippen LogP contribution is -2.35. The van der Waals surface area contributed by atoms with Crippen LogP contribution in [-0.4, -0.2) is 24.9 Å². The first-order chi connectivity index (χ1) is 13.3. The third-order valence-electron chi connectivity index (χ3n) is 4.59. The van der Waals surface area contributed by atoms with Crippen molar-refractivity contribution in [2.45, 2.75) is 18.5 Å². The van der Waals surface area contributed by atoms with E-state index in [2.05, 4.69) is 26.6 Å². The lowest BCUT2D eigenvalue weighted by atomic mass is 10.1. The van der Waals surface area contributed by atoms with Gasteiger partial charge in [-0.15, -0.1) is 0 Å². The van der Waals surface area contributed by atoms with Crippen LogP contribution in [0.5, 0.6) is 0 Å². The molecule has 2 unspecified atom stereocenters. The van der Waals surface area contributed by atoms with Crippen LogP contribution in [0.1, 0.15) is 33.8 Å². The second-order valence-corrected chi connectivity index (χ2v) is 7.54. The Labute approximate surface area is 168 Å². The molecule has 28 heavy (non-hydrogen) atoms. The fourth-order valence-corrected chi connectivity index (χ4v) is 3.41. The number of rotatable bonds is 6. The Hall–Kier alpha value is -2.35. The maximum Gasteiger partial charge on any atom is 0.416 e. The summed E-state index contributed by atoms with van der Waals surface area (Å²) in [6.07, 6.45) is -3.64. The highest BCUT2D eigenvalue weighted by atomic mass is 79.9. The second-order valence-electron chi connectivity index (χ2n) is 6.63. The van der Waals surface area contributed by atoms with Gasteiger partial charge in [-0.3, -0.25) is 9.59 Å². The van der Waals surface area contributed by atoms with E-state index >= 15 is 0 Å². The molecule has 4 nitrogen and oxygen atoms in total. The van der Waals surface area contributed by atoms with Gasteiger partial charge in [0.25, 0.3) is 5.91 Å². The van der Waals surface area contributed by atoms with Gasteiger partial charge in [0.2, 0.25) is 5.91 Å². The molecule has 2 aromatic carbocycles. The normalized spacial score (nSPS) is 18.4. The fraction of sp³-hybridized carbons (Fsp3) is 0.300. The molecule has 148 valence electrons. The minimum Gasteiger partial charge on any atom is -0.354 e. The van der Waals surface area contributed by atoms with E-state index in [9.17, 15) is 22.8 Å². The van der Waals surface area contributed by atoms with Crippen molar-refractivity contribution >= 4 is 27.7 Å². The molecule has 8 heteroatoms. The van der Waals surface area contributed by atoms with Gasteiger partial charge in [0.15, 0.2) is 0 Å². The molecule has 0 bridgehead atoms. The van der Waals surface area contributed by atoms with Gasteiger partial charge in [-0.05, 0) is 54.3 Å². The van der Waals surface area contributed by atoms with E-state index in [4.69, 9.17) is 0 Å². The minimum atomic E-state index is -4.43. The van der Waals surface area contributed by atoms with Crippen LogP contribution in [0.3, 0.4) is 0 Å². The summed E-state index contributed by atoms with van der Waals surface area (Å²) in [6, 6.07) is 11.9. The maximum absolute atomic E-state index is 12.5. The molecular formula is C20H18BrF3N2O2. The number of alkyl halides is 3. The summed E-state index contributed by atoms with van der Waals surface area (Å²) in [5.74, 6) is -0.408. The van der Waals surface area contributed by atoms with Gasteiger partial charge in [-0.25, -0.2) is 0 Å². The van der Waals surface area contributed by atoms with E-state index in [1.54, 1.807) is 0 Å². The molecule has 0 saturated heterocycles. The smallest absolute Gasteiger partial charge is 0.354 e. The molecule has 0 radical (unpaired) electrons. The monoisotopic (exact) mass is 454 g/mol. The number of benzene rings is 2. The average Bonchev–Trinajstić information content (AvgIpc) is 3.45. The molecule has 1 saturated carbocycles. The number of amides is 2. The quantitative estimate of drug-likeness (QED) is 0.645. The molecule has 1 aliphatic carbocycles. The summed E-state index contributed by atoms with van der Waals surface area (Å²) in [7, 11) is 0. The highest BCUT2D eigenvalue weighted by Gasteiger charge is 2.43. The first-order valence-corrected chi connectivity index (χ1v) is 9.53. The molecule has 2 atom stereocenters. The predicted molar refractivity (Wildman–Crippen MR) is 102 cm³/mol.